The molecule has 1 atom stereocenters. The van der Waals surface area contributed by atoms with Gasteiger partial charge in [0.25, 0.3) is 5.69 Å². The van der Waals surface area contributed by atoms with Gasteiger partial charge in [-0.2, -0.15) is 13.2 Å². The van der Waals surface area contributed by atoms with Crippen LogP contribution in [0.5, 0.6) is 0 Å². The lowest BCUT2D eigenvalue weighted by Gasteiger charge is -2.29. The fraction of sp³-hybridized carbons (Fsp3) is 0.333. The summed E-state index contributed by atoms with van der Waals surface area (Å²) >= 11 is 0. The predicted octanol–water partition coefficient (Wildman–Crippen LogP) is 5.17. The van der Waals surface area contributed by atoms with Crippen molar-refractivity contribution in [1.29, 1.82) is 0 Å². The fourth-order valence-corrected chi connectivity index (χ4v) is 3.92. The smallest absolute Gasteiger partial charge is 0.382 e. The summed E-state index contributed by atoms with van der Waals surface area (Å²) in [5.74, 6) is 0. The molecule has 0 bridgehead atoms. The van der Waals surface area contributed by atoms with Gasteiger partial charge in [-0.15, -0.1) is 0 Å². The summed E-state index contributed by atoms with van der Waals surface area (Å²) in [7, 11) is 0. The second-order valence-corrected chi connectivity index (χ2v) is 7.47. The zero-order valence-corrected chi connectivity index (χ0v) is 15.9. The minimum atomic E-state index is -4.49. The van der Waals surface area contributed by atoms with Crippen molar-refractivity contribution in [2.24, 2.45) is 0 Å². The Morgan fingerprint density at radius 1 is 1.07 bits per heavy atom. The van der Waals surface area contributed by atoms with Crippen LogP contribution in [0.3, 0.4) is 0 Å². The summed E-state index contributed by atoms with van der Waals surface area (Å²) in [5, 5.41) is 22.9. The van der Waals surface area contributed by atoms with E-state index in [2.05, 4.69) is 9.88 Å². The van der Waals surface area contributed by atoms with Gasteiger partial charge in [-0.3, -0.25) is 10.1 Å². The molecular weight excluding hydrogens is 399 g/mol. The first-order chi connectivity index (χ1) is 14.2. The number of aliphatic hydroxyl groups excluding tert-OH is 1. The molecular formula is C21H20F3N3O3. The summed E-state index contributed by atoms with van der Waals surface area (Å²) in [6.07, 6.45) is -2.68. The van der Waals surface area contributed by atoms with Gasteiger partial charge in [-0.25, -0.2) is 0 Å². The van der Waals surface area contributed by atoms with Gasteiger partial charge in [0, 0.05) is 36.1 Å². The van der Waals surface area contributed by atoms with Crippen molar-refractivity contribution in [1.82, 2.24) is 4.98 Å². The molecule has 158 valence electrons. The Balaban J connectivity index is 1.74. The number of benzene rings is 2. The standard InChI is InChI=1S/C21H20F3N3O3/c22-21(23,24)14-5-4-13-10-18(25-17(13)11-14)20(28)16-12-15(6-7-19(16)27(29)30)26-8-2-1-3-9-26/h4-7,10-12,20,25,28H,1-3,8-9H2. The number of halogens is 3. The minimum absolute atomic E-state index is 0.102. The highest BCUT2D eigenvalue weighted by Gasteiger charge is 2.31. The molecule has 0 saturated carbocycles. The van der Waals surface area contributed by atoms with Crippen molar-refractivity contribution in [3.8, 4) is 0 Å². The van der Waals surface area contributed by atoms with Gasteiger partial charge in [0.15, 0.2) is 0 Å². The lowest BCUT2D eigenvalue weighted by Crippen LogP contribution is -2.29. The van der Waals surface area contributed by atoms with E-state index in [0.29, 0.717) is 5.39 Å². The SMILES string of the molecule is O=[N+]([O-])c1ccc(N2CCCCC2)cc1C(O)c1cc2ccc(C(F)(F)F)cc2[nH]1. The molecule has 1 unspecified atom stereocenters. The number of alkyl halides is 3. The van der Waals surface area contributed by atoms with E-state index in [0.717, 1.165) is 50.2 Å². The van der Waals surface area contributed by atoms with E-state index < -0.39 is 22.8 Å². The molecule has 6 nitrogen and oxygen atoms in total. The van der Waals surface area contributed by atoms with Crippen molar-refractivity contribution in [2.75, 3.05) is 18.0 Å². The largest absolute Gasteiger partial charge is 0.416 e. The number of H-pyrrole nitrogens is 1. The lowest BCUT2D eigenvalue weighted by atomic mass is 10.0. The lowest BCUT2D eigenvalue weighted by molar-refractivity contribution is -0.386. The highest BCUT2D eigenvalue weighted by molar-refractivity contribution is 5.81. The van der Waals surface area contributed by atoms with Crippen LogP contribution in [0.2, 0.25) is 0 Å². The maximum Gasteiger partial charge on any atom is 0.416 e. The molecule has 2 aromatic carbocycles. The number of piperidine rings is 1. The predicted molar refractivity (Wildman–Crippen MR) is 107 cm³/mol. The fourth-order valence-electron chi connectivity index (χ4n) is 3.92. The average molecular weight is 419 g/mol. The Morgan fingerprint density at radius 2 is 1.80 bits per heavy atom. The van der Waals surface area contributed by atoms with Crippen LogP contribution < -0.4 is 4.90 Å². The quantitative estimate of drug-likeness (QED) is 0.452. The molecule has 2 N–H and O–H groups in total. The molecule has 1 fully saturated rings. The van der Waals surface area contributed by atoms with Crippen molar-refractivity contribution in [3.05, 3.63) is 69.4 Å². The van der Waals surface area contributed by atoms with Gasteiger partial charge in [0.2, 0.25) is 0 Å². The van der Waals surface area contributed by atoms with Crippen LogP contribution >= 0.6 is 0 Å². The molecule has 0 aliphatic carbocycles. The number of nitrogens with zero attached hydrogens (tertiary/aromatic N) is 2. The Morgan fingerprint density at radius 3 is 2.47 bits per heavy atom. The van der Waals surface area contributed by atoms with Gasteiger partial charge in [-0.05, 0) is 55.0 Å². The third kappa shape index (κ3) is 3.85. The van der Waals surface area contributed by atoms with Crippen LogP contribution in [0.15, 0.2) is 42.5 Å². The third-order valence-electron chi connectivity index (χ3n) is 5.49. The molecule has 1 aliphatic rings. The van der Waals surface area contributed by atoms with Gasteiger partial charge >= 0.3 is 6.18 Å². The number of rotatable bonds is 4. The van der Waals surface area contributed by atoms with Gasteiger partial charge < -0.3 is 15.0 Å². The van der Waals surface area contributed by atoms with Crippen molar-refractivity contribution in [2.45, 2.75) is 31.5 Å². The number of fused-ring (bicyclic) bond motifs is 1. The van der Waals surface area contributed by atoms with Crippen LogP contribution in [-0.4, -0.2) is 28.1 Å². The molecule has 1 aliphatic heterocycles. The van der Waals surface area contributed by atoms with Crippen molar-refractivity contribution < 1.29 is 23.2 Å². The zero-order valence-electron chi connectivity index (χ0n) is 15.9. The van der Waals surface area contributed by atoms with E-state index in [-0.39, 0.29) is 22.5 Å². The van der Waals surface area contributed by atoms with Crippen LogP contribution in [-0.2, 0) is 6.18 Å². The first-order valence-corrected chi connectivity index (χ1v) is 9.65. The Hall–Kier alpha value is -3.07. The number of nitro benzene ring substituents is 1. The second-order valence-electron chi connectivity index (χ2n) is 7.47. The van der Waals surface area contributed by atoms with Gasteiger partial charge in [-0.1, -0.05) is 6.07 Å². The van der Waals surface area contributed by atoms with E-state index >= 15 is 0 Å². The molecule has 0 amide bonds. The zero-order chi connectivity index (χ0) is 21.5. The summed E-state index contributed by atoms with van der Waals surface area (Å²) in [6, 6.07) is 9.38. The maximum absolute atomic E-state index is 13.0. The number of nitro groups is 1. The number of aromatic nitrogens is 1. The van der Waals surface area contributed by atoms with Crippen molar-refractivity contribution in [3.63, 3.8) is 0 Å². The Bertz CT molecular complexity index is 1090. The number of aliphatic hydroxyl groups is 1. The molecule has 30 heavy (non-hydrogen) atoms. The Labute approximate surface area is 170 Å². The Kier molecular flexibility index (Phi) is 5.15. The van der Waals surface area contributed by atoms with Gasteiger partial charge in [0.05, 0.1) is 16.1 Å². The summed E-state index contributed by atoms with van der Waals surface area (Å²) < 4.78 is 38.9. The maximum atomic E-state index is 13.0. The van der Waals surface area contributed by atoms with E-state index in [1.54, 1.807) is 12.1 Å². The molecule has 1 aromatic heterocycles. The van der Waals surface area contributed by atoms with Crippen LogP contribution in [0.1, 0.15) is 42.2 Å². The molecule has 0 spiro atoms. The molecule has 4 rings (SSSR count). The molecule has 0 radical (unpaired) electrons. The summed E-state index contributed by atoms with van der Waals surface area (Å²) in [4.78, 5) is 15.9. The first-order valence-electron chi connectivity index (χ1n) is 9.65. The van der Waals surface area contributed by atoms with Crippen LogP contribution in [0, 0.1) is 10.1 Å². The number of aromatic amines is 1. The highest BCUT2D eigenvalue weighted by atomic mass is 19.4. The molecule has 1 saturated heterocycles. The summed E-state index contributed by atoms with van der Waals surface area (Å²) in [5.41, 5.74) is 0.237. The monoisotopic (exact) mass is 419 g/mol. The summed E-state index contributed by atoms with van der Waals surface area (Å²) in [6.45, 7) is 1.67. The molecule has 3 aromatic rings. The van der Waals surface area contributed by atoms with E-state index in [1.165, 1.54) is 18.2 Å². The average Bonchev–Trinajstić information content (AvgIpc) is 3.16. The first kappa shape index (κ1) is 20.2. The number of hydrogen-bond donors (Lipinski definition) is 2. The third-order valence-corrected chi connectivity index (χ3v) is 5.49. The minimum Gasteiger partial charge on any atom is -0.382 e. The number of nitrogens with one attached hydrogen (secondary N) is 1. The number of hydrogen-bond acceptors (Lipinski definition) is 4. The van der Waals surface area contributed by atoms with E-state index in [9.17, 15) is 28.4 Å². The van der Waals surface area contributed by atoms with E-state index in [4.69, 9.17) is 0 Å². The molecule has 2 heterocycles. The molecule has 9 heteroatoms. The normalized spacial score (nSPS) is 16.1. The highest BCUT2D eigenvalue weighted by Crippen LogP contribution is 2.36. The topological polar surface area (TPSA) is 82.4 Å². The second kappa shape index (κ2) is 7.64. The van der Waals surface area contributed by atoms with Crippen LogP contribution in [0.25, 0.3) is 10.9 Å². The number of anilines is 1. The van der Waals surface area contributed by atoms with Gasteiger partial charge in [0.1, 0.15) is 6.10 Å². The van der Waals surface area contributed by atoms with Crippen molar-refractivity contribution >= 4 is 22.3 Å². The van der Waals surface area contributed by atoms with Crippen LogP contribution in [0.4, 0.5) is 24.5 Å². The van der Waals surface area contributed by atoms with E-state index in [1.807, 2.05) is 0 Å².